The lowest BCUT2D eigenvalue weighted by molar-refractivity contribution is -0.149. The number of thioether (sulfide) groups is 1. The Morgan fingerprint density at radius 1 is 0.439 bits per heavy atom. The lowest BCUT2D eigenvalue weighted by Crippen LogP contribution is -2.27. The van der Waals surface area contributed by atoms with Gasteiger partial charge < -0.3 is 19.7 Å². The number of rotatable bonds is 46. The van der Waals surface area contributed by atoms with E-state index in [0.29, 0.717) is 24.7 Å². The summed E-state index contributed by atoms with van der Waals surface area (Å²) in [7, 11) is 0. The molecule has 0 radical (unpaired) electrons. The number of ketones is 2. The average Bonchev–Trinajstić information content (AvgIpc) is 3.19. The second kappa shape index (κ2) is 43.6. The van der Waals surface area contributed by atoms with E-state index >= 15 is 0 Å². The van der Waals surface area contributed by atoms with Crippen LogP contribution < -0.4 is 0 Å². The predicted molar refractivity (Wildman–Crippen MR) is 239 cm³/mol. The zero-order valence-corrected chi connectivity index (χ0v) is 37.5. The molecule has 0 rings (SSSR count). The standard InChI is InChI=1S/C48H86O8S/c1-3-5-7-9-11-13-15-17-19-21-23-25-27-29-31-33-35-43(47(51)52)45(49)41-55-37-39-57-40-38-56-42-46(50)44(48(53)54)36-34-32-30-28-26-24-22-20-18-16-14-12-10-8-6-4-2/h31-34,43-44H,3-30,35-42H2,1-2H3,(H,51,52)(H,53,54)/b33-31+,34-32+. The van der Waals surface area contributed by atoms with Crippen molar-refractivity contribution in [1.82, 2.24) is 0 Å². The van der Waals surface area contributed by atoms with Crippen molar-refractivity contribution in [2.75, 3.05) is 37.9 Å². The van der Waals surface area contributed by atoms with Crippen molar-refractivity contribution >= 4 is 35.3 Å². The van der Waals surface area contributed by atoms with Gasteiger partial charge in [0.2, 0.25) is 0 Å². The van der Waals surface area contributed by atoms with Crippen LogP contribution in [0.3, 0.4) is 0 Å². The summed E-state index contributed by atoms with van der Waals surface area (Å²) in [4.78, 5) is 48.3. The molecule has 0 aliphatic heterocycles. The van der Waals surface area contributed by atoms with E-state index in [4.69, 9.17) is 9.47 Å². The molecule has 2 unspecified atom stereocenters. The summed E-state index contributed by atoms with van der Waals surface area (Å²) in [6, 6.07) is 0. The molecule has 0 saturated heterocycles. The van der Waals surface area contributed by atoms with Gasteiger partial charge in [-0.15, -0.1) is 0 Å². The van der Waals surface area contributed by atoms with E-state index in [1.807, 2.05) is 24.3 Å². The van der Waals surface area contributed by atoms with E-state index in [0.717, 1.165) is 25.7 Å². The van der Waals surface area contributed by atoms with Crippen LogP contribution in [0.5, 0.6) is 0 Å². The van der Waals surface area contributed by atoms with E-state index in [1.54, 1.807) is 0 Å². The van der Waals surface area contributed by atoms with Gasteiger partial charge in [0.25, 0.3) is 0 Å². The third-order valence-corrected chi connectivity index (χ3v) is 11.5. The van der Waals surface area contributed by atoms with Gasteiger partial charge in [0.1, 0.15) is 25.0 Å². The number of Topliss-reactive ketones (excluding diaryl/α,β-unsaturated/α-hetero) is 2. The Balaban J connectivity index is 3.85. The molecule has 0 spiro atoms. The molecule has 9 heteroatoms. The highest BCUT2D eigenvalue weighted by molar-refractivity contribution is 7.99. The summed E-state index contributed by atoms with van der Waals surface area (Å²) in [5, 5.41) is 19.1. The second-order valence-corrected chi connectivity index (χ2v) is 17.1. The van der Waals surface area contributed by atoms with Crippen molar-refractivity contribution in [3.63, 3.8) is 0 Å². The van der Waals surface area contributed by atoms with E-state index in [-0.39, 0.29) is 26.1 Å². The molecule has 0 aromatic rings. The first-order valence-corrected chi connectivity index (χ1v) is 24.5. The minimum absolute atomic E-state index is 0.180. The van der Waals surface area contributed by atoms with Crippen LogP contribution in [-0.2, 0) is 28.7 Å². The number of unbranched alkanes of at least 4 members (excludes halogenated alkanes) is 26. The van der Waals surface area contributed by atoms with Crippen LogP contribution >= 0.6 is 11.8 Å². The molecule has 2 N–H and O–H groups in total. The van der Waals surface area contributed by atoms with E-state index < -0.39 is 35.3 Å². The van der Waals surface area contributed by atoms with Crippen LogP contribution in [0, 0.1) is 11.8 Å². The molecule has 0 saturated carbocycles. The molecule has 0 aromatic carbocycles. The number of hydrogen-bond acceptors (Lipinski definition) is 7. The maximum absolute atomic E-state index is 12.5. The number of carbonyl (C=O) groups is 4. The maximum Gasteiger partial charge on any atom is 0.314 e. The Kier molecular flexibility index (Phi) is 42.1. The summed E-state index contributed by atoms with van der Waals surface area (Å²) in [5.41, 5.74) is 0. The predicted octanol–water partition coefficient (Wildman–Crippen LogP) is 13.1. The highest BCUT2D eigenvalue weighted by atomic mass is 32.2. The Bertz CT molecular complexity index is 934. The molecule has 8 nitrogen and oxygen atoms in total. The molecule has 0 amide bonds. The van der Waals surface area contributed by atoms with Crippen LogP contribution in [0.4, 0.5) is 0 Å². The molecular formula is C48H86O8S. The van der Waals surface area contributed by atoms with Gasteiger partial charge >= 0.3 is 11.9 Å². The number of carbonyl (C=O) groups excluding carboxylic acids is 2. The second-order valence-electron chi connectivity index (χ2n) is 15.9. The fraction of sp³-hybridized carbons (Fsp3) is 0.833. The van der Waals surface area contributed by atoms with Crippen molar-refractivity contribution in [2.45, 2.75) is 206 Å². The number of ether oxygens (including phenoxy) is 2. The van der Waals surface area contributed by atoms with Gasteiger partial charge in [-0.3, -0.25) is 19.2 Å². The van der Waals surface area contributed by atoms with E-state index in [2.05, 4.69) is 13.8 Å². The molecule has 0 aromatic heterocycles. The van der Waals surface area contributed by atoms with Gasteiger partial charge in [-0.2, -0.15) is 11.8 Å². The minimum Gasteiger partial charge on any atom is -0.481 e. The average molecular weight is 823 g/mol. The highest BCUT2D eigenvalue weighted by Crippen LogP contribution is 2.16. The highest BCUT2D eigenvalue weighted by Gasteiger charge is 2.25. The number of aliphatic carboxylic acids is 2. The summed E-state index contributed by atoms with van der Waals surface area (Å²) >= 11 is 1.52. The van der Waals surface area contributed by atoms with Crippen molar-refractivity contribution in [2.24, 2.45) is 11.8 Å². The third-order valence-electron chi connectivity index (χ3n) is 10.6. The maximum atomic E-state index is 12.5. The van der Waals surface area contributed by atoms with Crippen LogP contribution in [-0.4, -0.2) is 71.7 Å². The smallest absolute Gasteiger partial charge is 0.314 e. The zero-order valence-electron chi connectivity index (χ0n) is 36.7. The summed E-state index contributed by atoms with van der Waals surface area (Å²) in [5.74, 6) is -4.12. The first kappa shape index (κ1) is 55.0. The number of hydrogen-bond donors (Lipinski definition) is 2. The van der Waals surface area contributed by atoms with Crippen molar-refractivity contribution in [3.8, 4) is 0 Å². The van der Waals surface area contributed by atoms with Crippen molar-refractivity contribution in [1.29, 1.82) is 0 Å². The summed E-state index contributed by atoms with van der Waals surface area (Å²) in [6.07, 6.45) is 43.8. The van der Waals surface area contributed by atoms with E-state index in [1.165, 1.54) is 166 Å². The molecule has 0 aliphatic rings. The molecule has 0 bridgehead atoms. The van der Waals surface area contributed by atoms with Gasteiger partial charge in [-0.1, -0.05) is 192 Å². The number of carboxylic acid groups (broad SMARTS) is 2. The van der Waals surface area contributed by atoms with Crippen molar-refractivity contribution in [3.05, 3.63) is 24.3 Å². The van der Waals surface area contributed by atoms with E-state index in [9.17, 15) is 29.4 Å². The van der Waals surface area contributed by atoms with Crippen molar-refractivity contribution < 1.29 is 38.9 Å². The van der Waals surface area contributed by atoms with Crippen LogP contribution in [0.15, 0.2) is 24.3 Å². The fourth-order valence-corrected chi connectivity index (χ4v) is 7.56. The quantitative estimate of drug-likeness (QED) is 0.0350. The van der Waals surface area contributed by atoms with Gasteiger partial charge in [0.15, 0.2) is 11.6 Å². The fourth-order valence-electron chi connectivity index (χ4n) is 6.88. The number of carboxylic acids is 2. The van der Waals surface area contributed by atoms with Crippen LogP contribution in [0.2, 0.25) is 0 Å². The molecular weight excluding hydrogens is 737 g/mol. The monoisotopic (exact) mass is 823 g/mol. The minimum atomic E-state index is -1.12. The Morgan fingerprint density at radius 2 is 0.719 bits per heavy atom. The molecule has 0 heterocycles. The number of allylic oxidation sites excluding steroid dienone is 4. The normalized spacial score (nSPS) is 12.8. The molecule has 332 valence electrons. The lowest BCUT2D eigenvalue weighted by Gasteiger charge is -2.10. The molecule has 0 aliphatic carbocycles. The summed E-state index contributed by atoms with van der Waals surface area (Å²) < 4.78 is 10.9. The Morgan fingerprint density at radius 3 is 1.00 bits per heavy atom. The van der Waals surface area contributed by atoms with Crippen LogP contribution in [0.1, 0.15) is 206 Å². The molecule has 0 fully saturated rings. The summed E-state index contributed by atoms with van der Waals surface area (Å²) in [6.45, 7) is 4.63. The lowest BCUT2D eigenvalue weighted by atomic mass is 10.00. The first-order valence-electron chi connectivity index (χ1n) is 23.4. The molecule has 57 heavy (non-hydrogen) atoms. The van der Waals surface area contributed by atoms with Gasteiger partial charge in [-0.05, 0) is 38.5 Å². The van der Waals surface area contributed by atoms with Gasteiger partial charge in [0, 0.05) is 11.5 Å². The first-order chi connectivity index (χ1) is 27.8. The van der Waals surface area contributed by atoms with Gasteiger partial charge in [-0.25, -0.2) is 0 Å². The Labute approximate surface area is 353 Å². The van der Waals surface area contributed by atoms with Crippen LogP contribution in [0.25, 0.3) is 0 Å². The third kappa shape index (κ3) is 38.0. The molecule has 2 atom stereocenters. The zero-order chi connectivity index (χ0) is 41.9. The largest absolute Gasteiger partial charge is 0.481 e. The topological polar surface area (TPSA) is 127 Å². The Hall–Kier alpha value is -1.97. The SMILES string of the molecule is CCCCCCCCCCCCCCC/C=C/CC(C(=O)O)C(=O)COCCSCCOCC(=O)C(C/C=C/CCCCCCCCCCCCCCC)C(=O)O. The van der Waals surface area contributed by atoms with Gasteiger partial charge in [0.05, 0.1) is 13.2 Å².